The fourth-order valence-corrected chi connectivity index (χ4v) is 4.86. The normalized spacial score (nSPS) is 12.2. The Morgan fingerprint density at radius 3 is 2.48 bits per heavy atom. The van der Waals surface area contributed by atoms with Gasteiger partial charge in [-0.3, -0.25) is 4.72 Å². The van der Waals surface area contributed by atoms with Gasteiger partial charge in [0, 0.05) is 7.11 Å². The van der Waals surface area contributed by atoms with Crippen molar-refractivity contribution >= 4 is 43.0 Å². The Labute approximate surface area is 154 Å². The highest BCUT2D eigenvalue weighted by Gasteiger charge is 2.32. The van der Waals surface area contributed by atoms with E-state index in [1.54, 1.807) is 0 Å². The molecule has 0 spiro atoms. The van der Waals surface area contributed by atoms with Crippen LogP contribution in [0.4, 0.5) is 18.9 Å². The van der Waals surface area contributed by atoms with E-state index in [9.17, 15) is 21.6 Å². The number of anilines is 1. The monoisotopic (exact) mass is 459 g/mol. The highest BCUT2D eigenvalue weighted by atomic mass is 79.9. The van der Waals surface area contributed by atoms with E-state index in [-0.39, 0.29) is 28.9 Å². The van der Waals surface area contributed by atoms with Crippen molar-refractivity contribution in [1.29, 1.82) is 0 Å². The number of benzene rings is 1. The first-order chi connectivity index (χ1) is 11.6. The van der Waals surface area contributed by atoms with Crippen LogP contribution in [-0.4, -0.2) is 28.7 Å². The van der Waals surface area contributed by atoms with Crippen molar-refractivity contribution in [3.8, 4) is 5.75 Å². The summed E-state index contributed by atoms with van der Waals surface area (Å²) in [5, 5.41) is 0. The number of halogens is 4. The van der Waals surface area contributed by atoms with E-state index in [2.05, 4.69) is 20.7 Å². The summed E-state index contributed by atoms with van der Waals surface area (Å²) < 4.78 is 76.3. The van der Waals surface area contributed by atoms with Crippen molar-refractivity contribution in [3.05, 3.63) is 39.7 Å². The number of sulfonamides is 1. The summed E-state index contributed by atoms with van der Waals surface area (Å²) >= 11 is 4.08. The maximum atomic E-state index is 12.9. The molecule has 5 nitrogen and oxygen atoms in total. The topological polar surface area (TPSA) is 64.6 Å². The van der Waals surface area contributed by atoms with Gasteiger partial charge >= 0.3 is 6.18 Å². The standard InChI is InChI=1S/C14H13BrF3NO4S2/c1-22-6-7-23-11-3-2-9(14(16,17)18)8-10(11)19-25(20,21)13-5-4-12(15)24-13/h2-5,8,19H,6-7H2,1H3. The number of thiophene rings is 1. The number of ether oxygens (including phenoxy) is 2. The van der Waals surface area contributed by atoms with E-state index >= 15 is 0 Å². The average molecular weight is 460 g/mol. The van der Waals surface area contributed by atoms with E-state index in [0.717, 1.165) is 23.5 Å². The van der Waals surface area contributed by atoms with E-state index in [1.165, 1.54) is 19.2 Å². The minimum atomic E-state index is -4.61. The fraction of sp³-hybridized carbons (Fsp3) is 0.286. The Balaban J connectivity index is 2.38. The van der Waals surface area contributed by atoms with Crippen molar-refractivity contribution in [2.24, 2.45) is 0 Å². The average Bonchev–Trinajstić information content (AvgIpc) is 2.95. The Hall–Kier alpha value is -1.30. The Morgan fingerprint density at radius 1 is 1.20 bits per heavy atom. The molecule has 2 aromatic rings. The van der Waals surface area contributed by atoms with Gasteiger partial charge in [0.1, 0.15) is 16.6 Å². The molecular formula is C14H13BrF3NO4S2. The van der Waals surface area contributed by atoms with Crippen LogP contribution in [0.1, 0.15) is 5.56 Å². The maximum absolute atomic E-state index is 12.9. The SMILES string of the molecule is COCCOc1ccc(C(F)(F)F)cc1NS(=O)(=O)c1ccc(Br)s1. The van der Waals surface area contributed by atoms with Crippen molar-refractivity contribution in [1.82, 2.24) is 0 Å². The van der Waals surface area contributed by atoms with Gasteiger partial charge in [-0.2, -0.15) is 13.2 Å². The minimum absolute atomic E-state index is 0.0238. The van der Waals surface area contributed by atoms with Gasteiger partial charge in [0.2, 0.25) is 0 Å². The molecule has 11 heteroatoms. The molecule has 0 atom stereocenters. The van der Waals surface area contributed by atoms with Crippen LogP contribution in [0.3, 0.4) is 0 Å². The first kappa shape index (κ1) is 20.0. The third-order valence-corrected chi connectivity index (χ3v) is 6.39. The lowest BCUT2D eigenvalue weighted by molar-refractivity contribution is -0.137. The molecule has 0 saturated carbocycles. The summed E-state index contributed by atoms with van der Waals surface area (Å²) in [5.41, 5.74) is -1.29. The summed E-state index contributed by atoms with van der Waals surface area (Å²) in [5.74, 6) is -0.0238. The molecule has 1 N–H and O–H groups in total. The zero-order valence-electron chi connectivity index (χ0n) is 12.8. The molecule has 0 aliphatic rings. The van der Waals surface area contributed by atoms with Crippen LogP contribution in [0.5, 0.6) is 5.75 Å². The lowest BCUT2D eigenvalue weighted by atomic mass is 10.2. The first-order valence-corrected chi connectivity index (χ1v) is 9.84. The molecule has 0 fully saturated rings. The van der Waals surface area contributed by atoms with Gasteiger partial charge in [0.25, 0.3) is 10.0 Å². The molecule has 1 aromatic carbocycles. The van der Waals surface area contributed by atoms with Gasteiger partial charge in [-0.25, -0.2) is 8.42 Å². The largest absolute Gasteiger partial charge is 0.489 e. The zero-order valence-corrected chi connectivity index (χ0v) is 16.0. The molecule has 2 rings (SSSR count). The quantitative estimate of drug-likeness (QED) is 0.624. The molecule has 138 valence electrons. The Morgan fingerprint density at radius 2 is 1.92 bits per heavy atom. The summed E-state index contributed by atoms with van der Waals surface area (Å²) in [6.45, 7) is 0.256. The highest BCUT2D eigenvalue weighted by Crippen LogP contribution is 2.36. The second-order valence-corrected chi connectivity index (χ2v) is 9.09. The third kappa shape index (κ3) is 5.33. The maximum Gasteiger partial charge on any atom is 0.416 e. The van der Waals surface area contributed by atoms with Crippen LogP contribution < -0.4 is 9.46 Å². The van der Waals surface area contributed by atoms with Crippen molar-refractivity contribution < 1.29 is 31.1 Å². The van der Waals surface area contributed by atoms with Crippen LogP contribution in [0.2, 0.25) is 0 Å². The third-order valence-electron chi connectivity index (χ3n) is 2.91. The van der Waals surface area contributed by atoms with Crippen molar-refractivity contribution in [2.45, 2.75) is 10.4 Å². The molecule has 0 radical (unpaired) electrons. The number of hydrogen-bond donors (Lipinski definition) is 1. The number of nitrogens with one attached hydrogen (secondary N) is 1. The van der Waals surface area contributed by atoms with Crippen LogP contribution in [-0.2, 0) is 20.9 Å². The number of hydrogen-bond acceptors (Lipinski definition) is 5. The predicted octanol–water partition coefficient (Wildman–Crippen LogP) is 4.36. The molecule has 0 unspecified atom stereocenters. The smallest absolute Gasteiger partial charge is 0.416 e. The van der Waals surface area contributed by atoms with E-state index < -0.39 is 21.8 Å². The Bertz CT molecular complexity index is 837. The molecule has 0 aliphatic heterocycles. The van der Waals surface area contributed by atoms with Crippen LogP contribution in [0, 0.1) is 0 Å². The second kappa shape index (κ2) is 7.94. The van der Waals surface area contributed by atoms with Crippen molar-refractivity contribution in [3.63, 3.8) is 0 Å². The summed E-state index contributed by atoms with van der Waals surface area (Å²) in [6.07, 6.45) is -4.61. The van der Waals surface area contributed by atoms with Gasteiger partial charge in [-0.05, 0) is 46.3 Å². The number of rotatable bonds is 7. The fourth-order valence-electron chi connectivity index (χ4n) is 1.78. The summed E-state index contributed by atoms with van der Waals surface area (Å²) in [7, 11) is -2.61. The summed E-state index contributed by atoms with van der Waals surface area (Å²) in [4.78, 5) is 0. The van der Waals surface area contributed by atoms with E-state index in [4.69, 9.17) is 9.47 Å². The number of methoxy groups -OCH3 is 1. The molecule has 0 saturated heterocycles. The van der Waals surface area contributed by atoms with Gasteiger partial charge in [-0.15, -0.1) is 11.3 Å². The lowest BCUT2D eigenvalue weighted by Gasteiger charge is -2.15. The van der Waals surface area contributed by atoms with Crippen LogP contribution in [0.25, 0.3) is 0 Å². The van der Waals surface area contributed by atoms with E-state index in [1.807, 2.05) is 0 Å². The molecule has 0 aliphatic carbocycles. The van der Waals surface area contributed by atoms with Crippen LogP contribution in [0.15, 0.2) is 38.3 Å². The lowest BCUT2D eigenvalue weighted by Crippen LogP contribution is -2.15. The van der Waals surface area contributed by atoms with Gasteiger partial charge in [-0.1, -0.05) is 0 Å². The molecule has 0 amide bonds. The van der Waals surface area contributed by atoms with Gasteiger partial charge in [0.05, 0.1) is 21.6 Å². The zero-order chi connectivity index (χ0) is 18.7. The van der Waals surface area contributed by atoms with Gasteiger partial charge < -0.3 is 9.47 Å². The summed E-state index contributed by atoms with van der Waals surface area (Å²) in [6, 6.07) is 5.46. The predicted molar refractivity (Wildman–Crippen MR) is 91.6 cm³/mol. The highest BCUT2D eigenvalue weighted by molar-refractivity contribution is 9.11. The second-order valence-electron chi connectivity index (χ2n) is 4.71. The molecule has 1 heterocycles. The molecule has 1 aromatic heterocycles. The van der Waals surface area contributed by atoms with Crippen LogP contribution >= 0.6 is 27.3 Å². The van der Waals surface area contributed by atoms with Gasteiger partial charge in [0.15, 0.2) is 0 Å². The molecule has 0 bridgehead atoms. The first-order valence-electron chi connectivity index (χ1n) is 6.74. The molecule has 25 heavy (non-hydrogen) atoms. The minimum Gasteiger partial charge on any atom is -0.489 e. The number of alkyl halides is 3. The van der Waals surface area contributed by atoms with Crippen molar-refractivity contribution in [2.75, 3.05) is 25.0 Å². The Kier molecular flexibility index (Phi) is 6.35. The molecular weight excluding hydrogens is 447 g/mol. The van der Waals surface area contributed by atoms with E-state index in [0.29, 0.717) is 9.85 Å².